The summed E-state index contributed by atoms with van der Waals surface area (Å²) in [7, 11) is 0. The van der Waals surface area contributed by atoms with Crippen LogP contribution in [0.3, 0.4) is 0 Å². The molecular weight excluding hydrogens is 733 g/mol. The van der Waals surface area contributed by atoms with Gasteiger partial charge in [0.2, 0.25) is 0 Å². The highest BCUT2D eigenvalue weighted by molar-refractivity contribution is 5.71. The van der Waals surface area contributed by atoms with Gasteiger partial charge in [0, 0.05) is 19.3 Å². The summed E-state index contributed by atoms with van der Waals surface area (Å²) in [6.07, 6.45) is 46.9. The Morgan fingerprint density at radius 3 is 0.881 bits per heavy atom. The molecule has 0 aliphatic carbocycles. The van der Waals surface area contributed by atoms with Gasteiger partial charge in [-0.3, -0.25) is 14.4 Å². The first kappa shape index (κ1) is 57.4. The summed E-state index contributed by atoms with van der Waals surface area (Å²) in [6, 6.07) is 0. The van der Waals surface area contributed by atoms with Gasteiger partial charge in [0.25, 0.3) is 0 Å². The number of esters is 3. The molecule has 0 N–H and O–H groups in total. The lowest BCUT2D eigenvalue weighted by atomic mass is 9.99. The first-order chi connectivity index (χ1) is 28.8. The lowest BCUT2D eigenvalue weighted by Crippen LogP contribution is -2.30. The molecule has 0 amide bonds. The summed E-state index contributed by atoms with van der Waals surface area (Å²) in [4.78, 5) is 37.6. The molecule has 6 heteroatoms. The minimum absolute atomic E-state index is 0.0649. The van der Waals surface area contributed by atoms with Crippen molar-refractivity contribution in [2.75, 3.05) is 13.2 Å². The predicted octanol–water partition coefficient (Wildman–Crippen LogP) is 16.9. The number of ether oxygens (including phenoxy) is 3. The Hall–Kier alpha value is -1.59. The summed E-state index contributed by atoms with van der Waals surface area (Å²) < 4.78 is 16.7. The maximum Gasteiger partial charge on any atom is 0.306 e. The topological polar surface area (TPSA) is 78.9 Å². The van der Waals surface area contributed by atoms with E-state index < -0.39 is 6.10 Å². The second-order valence-electron chi connectivity index (χ2n) is 18.6. The maximum atomic E-state index is 12.7. The molecule has 0 rings (SSSR count). The quantitative estimate of drug-likeness (QED) is 0.0345. The molecule has 0 aromatic heterocycles. The number of hydrogen-bond acceptors (Lipinski definition) is 6. The van der Waals surface area contributed by atoms with Crippen LogP contribution < -0.4 is 0 Å². The summed E-state index contributed by atoms with van der Waals surface area (Å²) in [5, 5.41) is 0. The Morgan fingerprint density at radius 1 is 0.339 bits per heavy atom. The lowest BCUT2D eigenvalue weighted by molar-refractivity contribution is -0.167. The number of unbranched alkanes of at least 4 members (excludes halogenated alkanes) is 30. The van der Waals surface area contributed by atoms with Crippen molar-refractivity contribution in [2.45, 2.75) is 298 Å². The first-order valence-electron chi connectivity index (χ1n) is 26.3. The smallest absolute Gasteiger partial charge is 0.306 e. The molecule has 0 aliphatic heterocycles. The van der Waals surface area contributed by atoms with E-state index in [1.54, 1.807) is 0 Å². The Labute approximate surface area is 368 Å². The van der Waals surface area contributed by atoms with Crippen molar-refractivity contribution < 1.29 is 28.6 Å². The molecule has 0 saturated heterocycles. The van der Waals surface area contributed by atoms with Gasteiger partial charge in [-0.1, -0.05) is 253 Å². The van der Waals surface area contributed by atoms with Crippen LogP contribution in [0.25, 0.3) is 0 Å². The van der Waals surface area contributed by atoms with E-state index in [0.29, 0.717) is 19.3 Å². The fourth-order valence-electron chi connectivity index (χ4n) is 7.93. The second kappa shape index (κ2) is 45.9. The Bertz CT molecular complexity index is 904. The summed E-state index contributed by atoms with van der Waals surface area (Å²) in [5.41, 5.74) is 0. The normalized spacial score (nSPS) is 13.0. The largest absolute Gasteiger partial charge is 0.462 e. The van der Waals surface area contributed by atoms with Crippen LogP contribution in [-0.2, 0) is 28.6 Å². The van der Waals surface area contributed by atoms with E-state index in [-0.39, 0.29) is 31.1 Å². The molecule has 0 radical (unpaired) electrons. The van der Waals surface area contributed by atoms with Crippen molar-refractivity contribution in [3.63, 3.8) is 0 Å². The fourth-order valence-corrected chi connectivity index (χ4v) is 7.93. The number of hydrogen-bond donors (Lipinski definition) is 0. The number of rotatable bonds is 47. The maximum absolute atomic E-state index is 12.7. The molecule has 2 unspecified atom stereocenters. The average molecular weight is 835 g/mol. The third-order valence-corrected chi connectivity index (χ3v) is 12.7. The zero-order valence-corrected chi connectivity index (χ0v) is 40.4. The van der Waals surface area contributed by atoms with Gasteiger partial charge in [-0.2, -0.15) is 0 Å². The molecule has 0 fully saturated rings. The number of carbonyl (C=O) groups is 3. The zero-order chi connectivity index (χ0) is 43.3. The van der Waals surface area contributed by atoms with Crippen LogP contribution in [0.15, 0.2) is 0 Å². The second-order valence-corrected chi connectivity index (χ2v) is 18.6. The van der Waals surface area contributed by atoms with Crippen LogP contribution in [-0.4, -0.2) is 37.2 Å². The molecule has 0 spiro atoms. The van der Waals surface area contributed by atoms with Gasteiger partial charge >= 0.3 is 17.9 Å². The average Bonchev–Trinajstić information content (AvgIpc) is 3.23. The molecule has 6 nitrogen and oxygen atoms in total. The van der Waals surface area contributed by atoms with Crippen LogP contribution in [0, 0.1) is 11.8 Å². The van der Waals surface area contributed by atoms with Gasteiger partial charge in [0.05, 0.1) is 0 Å². The van der Waals surface area contributed by atoms with Gasteiger partial charge in [0.1, 0.15) is 13.2 Å². The Kier molecular flexibility index (Phi) is 44.7. The summed E-state index contributed by atoms with van der Waals surface area (Å²) in [6.45, 7) is 11.4. The van der Waals surface area contributed by atoms with Crippen molar-refractivity contribution in [1.82, 2.24) is 0 Å². The van der Waals surface area contributed by atoms with E-state index in [4.69, 9.17) is 14.2 Å². The SMILES string of the molecule is CCCCCCCC(=O)OC[C@@H](COC(=O)CCCCCCCCCCCCC(C)CC)OC(=O)CCCCCCCCCCCCCCCCCCCCC(C)CC. The van der Waals surface area contributed by atoms with Crippen LogP contribution in [0.2, 0.25) is 0 Å². The minimum atomic E-state index is -0.760. The molecule has 59 heavy (non-hydrogen) atoms. The summed E-state index contributed by atoms with van der Waals surface area (Å²) in [5.74, 6) is 0.916. The molecule has 0 saturated carbocycles. The molecule has 0 bridgehead atoms. The van der Waals surface area contributed by atoms with Crippen molar-refractivity contribution in [2.24, 2.45) is 11.8 Å². The van der Waals surface area contributed by atoms with E-state index >= 15 is 0 Å². The van der Waals surface area contributed by atoms with Gasteiger partial charge < -0.3 is 14.2 Å². The standard InChI is InChI=1S/C53H102O6/c1-6-9-10-31-38-43-51(54)57-46-50(47-58-52(55)44-39-34-29-25-22-21-24-28-33-37-42-49(5)8-3)59-53(56)45-40-35-30-26-20-18-16-14-12-11-13-15-17-19-23-27-32-36-41-48(4)7-2/h48-50H,6-47H2,1-5H3/t48?,49?,50-/m0/s1. The van der Waals surface area contributed by atoms with Crippen molar-refractivity contribution in [1.29, 1.82) is 0 Å². The Morgan fingerprint density at radius 2 is 0.593 bits per heavy atom. The van der Waals surface area contributed by atoms with Gasteiger partial charge in [-0.15, -0.1) is 0 Å². The molecule has 3 atom stereocenters. The van der Waals surface area contributed by atoms with Gasteiger partial charge in [-0.05, 0) is 31.1 Å². The first-order valence-corrected chi connectivity index (χ1v) is 26.3. The highest BCUT2D eigenvalue weighted by atomic mass is 16.6. The van der Waals surface area contributed by atoms with Crippen molar-refractivity contribution >= 4 is 17.9 Å². The highest BCUT2D eigenvalue weighted by Crippen LogP contribution is 2.18. The molecule has 350 valence electrons. The van der Waals surface area contributed by atoms with Gasteiger partial charge in [0.15, 0.2) is 6.10 Å². The zero-order valence-electron chi connectivity index (χ0n) is 40.4. The van der Waals surface area contributed by atoms with Crippen LogP contribution in [0.1, 0.15) is 291 Å². The highest BCUT2D eigenvalue weighted by Gasteiger charge is 2.19. The predicted molar refractivity (Wildman–Crippen MR) is 252 cm³/mol. The molecule has 0 heterocycles. The molecular formula is C53H102O6. The summed E-state index contributed by atoms with van der Waals surface area (Å²) >= 11 is 0. The lowest BCUT2D eigenvalue weighted by Gasteiger charge is -2.18. The molecule has 0 aliphatic rings. The van der Waals surface area contributed by atoms with E-state index in [1.165, 1.54) is 173 Å². The third kappa shape index (κ3) is 44.3. The van der Waals surface area contributed by atoms with Crippen molar-refractivity contribution in [3.05, 3.63) is 0 Å². The van der Waals surface area contributed by atoms with E-state index in [9.17, 15) is 14.4 Å². The fraction of sp³-hybridized carbons (Fsp3) is 0.943. The number of carbonyl (C=O) groups excluding carboxylic acids is 3. The van der Waals surface area contributed by atoms with Crippen molar-refractivity contribution in [3.8, 4) is 0 Å². The monoisotopic (exact) mass is 835 g/mol. The Balaban J connectivity index is 4.07. The molecule has 0 aromatic carbocycles. The van der Waals surface area contributed by atoms with Gasteiger partial charge in [-0.25, -0.2) is 0 Å². The third-order valence-electron chi connectivity index (χ3n) is 12.7. The van der Waals surface area contributed by atoms with Crippen LogP contribution in [0.5, 0.6) is 0 Å². The molecule has 0 aromatic rings. The van der Waals surface area contributed by atoms with Crippen LogP contribution >= 0.6 is 0 Å². The van der Waals surface area contributed by atoms with E-state index in [1.807, 2.05) is 0 Å². The minimum Gasteiger partial charge on any atom is -0.462 e. The van der Waals surface area contributed by atoms with Crippen LogP contribution in [0.4, 0.5) is 0 Å². The van der Waals surface area contributed by atoms with E-state index in [0.717, 1.165) is 76.0 Å². The van der Waals surface area contributed by atoms with E-state index in [2.05, 4.69) is 34.6 Å².